The maximum Gasteiger partial charge on any atom is 0.416 e. The molecule has 0 unspecified atom stereocenters. The lowest BCUT2D eigenvalue weighted by atomic mass is 10.2. The SMILES string of the molecule is COc1ccc(-c2n[nH]c(CCNS(=O)(=O)c3cccc(C(F)(F)F)c3)n2)cc1. The molecule has 0 saturated heterocycles. The highest BCUT2D eigenvalue weighted by Crippen LogP contribution is 2.30. The number of hydrogen-bond acceptors (Lipinski definition) is 5. The van der Waals surface area contributed by atoms with E-state index in [2.05, 4.69) is 19.9 Å². The second kappa shape index (κ2) is 8.21. The van der Waals surface area contributed by atoms with Crippen LogP contribution in [-0.2, 0) is 22.6 Å². The van der Waals surface area contributed by atoms with Gasteiger partial charge in [0.05, 0.1) is 17.6 Å². The Balaban J connectivity index is 1.63. The summed E-state index contributed by atoms with van der Waals surface area (Å²) in [5.41, 5.74) is -0.280. The number of aromatic amines is 1. The minimum absolute atomic E-state index is 0.0597. The molecule has 2 aromatic carbocycles. The molecule has 0 aliphatic rings. The van der Waals surface area contributed by atoms with Gasteiger partial charge >= 0.3 is 6.18 Å². The lowest BCUT2D eigenvalue weighted by Gasteiger charge is -2.10. The van der Waals surface area contributed by atoms with Crippen molar-refractivity contribution in [2.45, 2.75) is 17.5 Å². The fraction of sp³-hybridized carbons (Fsp3) is 0.222. The number of methoxy groups -OCH3 is 1. The molecule has 0 amide bonds. The predicted octanol–water partition coefficient (Wildman–Crippen LogP) is 3.02. The van der Waals surface area contributed by atoms with Gasteiger partial charge in [0, 0.05) is 18.5 Å². The normalized spacial score (nSPS) is 12.1. The maximum absolute atomic E-state index is 12.8. The molecule has 0 radical (unpaired) electrons. The Labute approximate surface area is 165 Å². The molecule has 2 N–H and O–H groups in total. The highest BCUT2D eigenvalue weighted by Gasteiger charge is 2.31. The van der Waals surface area contributed by atoms with E-state index in [0.29, 0.717) is 23.5 Å². The number of benzene rings is 2. The van der Waals surface area contributed by atoms with Crippen LogP contribution in [0, 0.1) is 0 Å². The second-order valence-electron chi connectivity index (χ2n) is 6.01. The summed E-state index contributed by atoms with van der Waals surface area (Å²) in [7, 11) is -2.54. The Morgan fingerprint density at radius 2 is 1.86 bits per heavy atom. The number of nitrogens with zero attached hydrogens (tertiary/aromatic N) is 2. The molecule has 0 aliphatic carbocycles. The standard InChI is InChI=1S/C18H17F3N4O3S/c1-28-14-7-5-12(6-8-14)17-23-16(24-25-17)9-10-22-29(26,27)15-4-2-3-13(11-15)18(19,20)21/h2-8,11,22H,9-10H2,1H3,(H,23,24,25). The number of halogens is 3. The number of H-pyrrole nitrogens is 1. The Morgan fingerprint density at radius 1 is 1.14 bits per heavy atom. The highest BCUT2D eigenvalue weighted by atomic mass is 32.2. The average molecular weight is 426 g/mol. The monoisotopic (exact) mass is 426 g/mol. The lowest BCUT2D eigenvalue weighted by Crippen LogP contribution is -2.26. The quantitative estimate of drug-likeness (QED) is 0.605. The van der Waals surface area contributed by atoms with Crippen LogP contribution >= 0.6 is 0 Å². The first-order valence-electron chi connectivity index (χ1n) is 8.42. The van der Waals surface area contributed by atoms with Crippen LogP contribution < -0.4 is 9.46 Å². The summed E-state index contributed by atoms with van der Waals surface area (Å²) in [4.78, 5) is 3.83. The molecule has 7 nitrogen and oxygen atoms in total. The van der Waals surface area contributed by atoms with E-state index >= 15 is 0 Å². The smallest absolute Gasteiger partial charge is 0.416 e. The number of hydrogen-bond donors (Lipinski definition) is 2. The average Bonchev–Trinajstić information content (AvgIpc) is 3.16. The van der Waals surface area contributed by atoms with E-state index < -0.39 is 26.7 Å². The minimum Gasteiger partial charge on any atom is -0.497 e. The van der Waals surface area contributed by atoms with Crippen LogP contribution in [0.25, 0.3) is 11.4 Å². The molecule has 0 saturated carbocycles. The van der Waals surface area contributed by atoms with Crippen molar-refractivity contribution >= 4 is 10.0 Å². The maximum atomic E-state index is 12.8. The van der Waals surface area contributed by atoms with Crippen LogP contribution in [0.2, 0.25) is 0 Å². The first-order valence-corrected chi connectivity index (χ1v) is 9.90. The van der Waals surface area contributed by atoms with Gasteiger partial charge in [-0.3, -0.25) is 5.10 Å². The topological polar surface area (TPSA) is 97.0 Å². The van der Waals surface area contributed by atoms with Crippen molar-refractivity contribution in [1.82, 2.24) is 19.9 Å². The van der Waals surface area contributed by atoms with Crippen LogP contribution in [-0.4, -0.2) is 37.3 Å². The summed E-state index contributed by atoms with van der Waals surface area (Å²) in [6.07, 6.45) is -4.44. The third kappa shape index (κ3) is 5.12. The molecule has 0 fully saturated rings. The van der Waals surface area contributed by atoms with Crippen molar-refractivity contribution in [1.29, 1.82) is 0 Å². The number of aromatic nitrogens is 3. The van der Waals surface area contributed by atoms with Gasteiger partial charge < -0.3 is 4.74 Å². The number of nitrogens with one attached hydrogen (secondary N) is 2. The van der Waals surface area contributed by atoms with Gasteiger partial charge in [-0.1, -0.05) is 6.07 Å². The second-order valence-corrected chi connectivity index (χ2v) is 7.77. The number of rotatable bonds is 7. The molecule has 154 valence electrons. The molecule has 3 aromatic rings. The van der Waals surface area contributed by atoms with Crippen molar-refractivity contribution in [3.63, 3.8) is 0 Å². The Hall–Kier alpha value is -2.92. The lowest BCUT2D eigenvalue weighted by molar-refractivity contribution is -0.137. The summed E-state index contributed by atoms with van der Waals surface area (Å²) in [5, 5.41) is 6.79. The Bertz CT molecular complexity index is 1080. The summed E-state index contributed by atoms with van der Waals surface area (Å²) in [6, 6.07) is 10.6. The van der Waals surface area contributed by atoms with Crippen molar-refractivity contribution in [2.24, 2.45) is 0 Å². The van der Waals surface area contributed by atoms with Gasteiger partial charge in [-0.15, -0.1) is 0 Å². The van der Waals surface area contributed by atoms with Gasteiger partial charge in [-0.2, -0.15) is 18.3 Å². The van der Waals surface area contributed by atoms with E-state index in [4.69, 9.17) is 4.74 Å². The molecule has 0 bridgehead atoms. The van der Waals surface area contributed by atoms with E-state index in [9.17, 15) is 21.6 Å². The summed E-state index contributed by atoms with van der Waals surface area (Å²) < 4.78 is 70.2. The van der Waals surface area contributed by atoms with E-state index in [-0.39, 0.29) is 13.0 Å². The van der Waals surface area contributed by atoms with Gasteiger partial charge in [0.25, 0.3) is 0 Å². The van der Waals surface area contributed by atoms with E-state index in [1.165, 1.54) is 0 Å². The molecular weight excluding hydrogens is 409 g/mol. The van der Waals surface area contributed by atoms with Crippen LogP contribution in [0.5, 0.6) is 5.75 Å². The Morgan fingerprint density at radius 3 is 2.52 bits per heavy atom. The molecule has 1 heterocycles. The summed E-state index contributed by atoms with van der Waals surface area (Å²) in [6.45, 7) is -0.0597. The van der Waals surface area contributed by atoms with Gasteiger partial charge in [-0.05, 0) is 42.5 Å². The summed E-state index contributed by atoms with van der Waals surface area (Å²) in [5.74, 6) is 1.56. The number of ether oxygens (including phenoxy) is 1. The zero-order chi connectivity index (χ0) is 21.1. The molecule has 1 aromatic heterocycles. The van der Waals surface area contributed by atoms with Crippen molar-refractivity contribution in [2.75, 3.05) is 13.7 Å². The van der Waals surface area contributed by atoms with Crippen molar-refractivity contribution in [3.8, 4) is 17.1 Å². The first kappa shape index (κ1) is 20.8. The Kier molecular flexibility index (Phi) is 5.89. The van der Waals surface area contributed by atoms with E-state index in [0.717, 1.165) is 23.8 Å². The van der Waals surface area contributed by atoms with Crippen LogP contribution in [0.15, 0.2) is 53.4 Å². The van der Waals surface area contributed by atoms with Gasteiger partial charge in [0.1, 0.15) is 11.6 Å². The van der Waals surface area contributed by atoms with Gasteiger partial charge in [0.15, 0.2) is 5.82 Å². The van der Waals surface area contributed by atoms with Crippen LogP contribution in [0.1, 0.15) is 11.4 Å². The fourth-order valence-corrected chi connectivity index (χ4v) is 3.58. The molecule has 0 aliphatic heterocycles. The number of alkyl halides is 3. The third-order valence-electron chi connectivity index (χ3n) is 4.01. The predicted molar refractivity (Wildman–Crippen MR) is 98.7 cm³/mol. The molecule has 11 heteroatoms. The molecule has 29 heavy (non-hydrogen) atoms. The first-order chi connectivity index (χ1) is 13.7. The fourth-order valence-electron chi connectivity index (χ4n) is 2.50. The zero-order valence-corrected chi connectivity index (χ0v) is 16.0. The number of sulfonamides is 1. The molecule has 0 spiro atoms. The van der Waals surface area contributed by atoms with Crippen LogP contribution in [0.3, 0.4) is 0 Å². The van der Waals surface area contributed by atoms with Crippen molar-refractivity contribution < 1.29 is 26.3 Å². The third-order valence-corrected chi connectivity index (χ3v) is 5.46. The zero-order valence-electron chi connectivity index (χ0n) is 15.2. The van der Waals surface area contributed by atoms with Gasteiger partial charge in [0.2, 0.25) is 10.0 Å². The van der Waals surface area contributed by atoms with E-state index in [1.807, 2.05) is 0 Å². The van der Waals surface area contributed by atoms with E-state index in [1.54, 1.807) is 31.4 Å². The summed E-state index contributed by atoms with van der Waals surface area (Å²) >= 11 is 0. The van der Waals surface area contributed by atoms with Crippen LogP contribution in [0.4, 0.5) is 13.2 Å². The largest absolute Gasteiger partial charge is 0.497 e. The molecule has 0 atom stereocenters. The van der Waals surface area contributed by atoms with Gasteiger partial charge in [-0.25, -0.2) is 18.1 Å². The minimum atomic E-state index is -4.62. The molecule has 3 rings (SSSR count). The highest BCUT2D eigenvalue weighted by molar-refractivity contribution is 7.89. The van der Waals surface area contributed by atoms with Crippen molar-refractivity contribution in [3.05, 3.63) is 59.9 Å². The molecular formula is C18H17F3N4O3S.